The molecule has 3 amide bonds. The molecule has 0 aromatic heterocycles. The van der Waals surface area contributed by atoms with Crippen molar-refractivity contribution >= 4 is 17.7 Å². The second-order valence-electron chi connectivity index (χ2n) is 7.90. The zero-order valence-corrected chi connectivity index (χ0v) is 18.6. The van der Waals surface area contributed by atoms with Crippen LogP contribution in [0.3, 0.4) is 0 Å². The number of benzene rings is 1. The first-order valence-electron chi connectivity index (χ1n) is 10.7. The SMILES string of the molecule is COc1ccc(CN2CCNC(=O)C2CC(=O)N2CCCN(C(C)=O)CC2)c(OC)c1. The first kappa shape index (κ1) is 22.9. The predicted molar refractivity (Wildman–Crippen MR) is 115 cm³/mol. The van der Waals surface area contributed by atoms with Gasteiger partial charge in [0.25, 0.3) is 0 Å². The van der Waals surface area contributed by atoms with Crippen molar-refractivity contribution in [3.8, 4) is 11.5 Å². The van der Waals surface area contributed by atoms with Gasteiger partial charge in [0.2, 0.25) is 17.7 Å². The summed E-state index contributed by atoms with van der Waals surface area (Å²) in [5.74, 6) is 1.23. The Kier molecular flexibility index (Phi) is 7.73. The standard InChI is InChI=1S/C22H32N4O5/c1-16(27)24-8-4-9-25(12-11-24)21(28)14-19-22(29)23-7-10-26(19)15-17-5-6-18(30-2)13-20(17)31-3/h5-6,13,19H,4,7-12,14-15H2,1-3H3,(H,23,29). The minimum absolute atomic E-state index is 0.0283. The molecule has 0 aliphatic carbocycles. The van der Waals surface area contributed by atoms with Crippen LogP contribution in [-0.4, -0.2) is 92.0 Å². The second-order valence-corrected chi connectivity index (χ2v) is 7.90. The average molecular weight is 433 g/mol. The number of nitrogens with zero attached hydrogens (tertiary/aromatic N) is 3. The normalized spacial score (nSPS) is 20.1. The van der Waals surface area contributed by atoms with Crippen LogP contribution < -0.4 is 14.8 Å². The van der Waals surface area contributed by atoms with Gasteiger partial charge in [-0.1, -0.05) is 6.07 Å². The van der Waals surface area contributed by atoms with E-state index in [1.807, 2.05) is 23.1 Å². The van der Waals surface area contributed by atoms with Crippen LogP contribution in [0.15, 0.2) is 18.2 Å². The highest BCUT2D eigenvalue weighted by molar-refractivity contribution is 5.89. The summed E-state index contributed by atoms with van der Waals surface area (Å²) in [4.78, 5) is 42.9. The van der Waals surface area contributed by atoms with Gasteiger partial charge >= 0.3 is 0 Å². The maximum Gasteiger partial charge on any atom is 0.237 e. The highest BCUT2D eigenvalue weighted by Gasteiger charge is 2.34. The zero-order valence-electron chi connectivity index (χ0n) is 18.6. The number of ether oxygens (including phenoxy) is 2. The molecular weight excluding hydrogens is 400 g/mol. The van der Waals surface area contributed by atoms with Crippen LogP contribution in [-0.2, 0) is 20.9 Å². The van der Waals surface area contributed by atoms with Crippen LogP contribution in [0.2, 0.25) is 0 Å². The smallest absolute Gasteiger partial charge is 0.237 e. The summed E-state index contributed by atoms with van der Waals surface area (Å²) in [5, 5.41) is 2.88. The number of methoxy groups -OCH3 is 2. The number of amides is 3. The molecular formula is C22H32N4O5. The van der Waals surface area contributed by atoms with E-state index < -0.39 is 6.04 Å². The molecule has 0 radical (unpaired) electrons. The van der Waals surface area contributed by atoms with Gasteiger partial charge in [-0.2, -0.15) is 0 Å². The van der Waals surface area contributed by atoms with Crippen molar-refractivity contribution in [1.82, 2.24) is 20.0 Å². The molecule has 31 heavy (non-hydrogen) atoms. The minimum atomic E-state index is -0.541. The molecule has 2 saturated heterocycles. The number of piperazine rings is 1. The van der Waals surface area contributed by atoms with Crippen LogP contribution in [0.25, 0.3) is 0 Å². The van der Waals surface area contributed by atoms with E-state index in [1.165, 1.54) is 0 Å². The molecule has 9 nitrogen and oxygen atoms in total. The molecule has 2 heterocycles. The summed E-state index contributed by atoms with van der Waals surface area (Å²) in [6.07, 6.45) is 0.860. The number of rotatable bonds is 6. The van der Waals surface area contributed by atoms with Gasteiger partial charge < -0.3 is 24.6 Å². The lowest BCUT2D eigenvalue weighted by molar-refractivity contribution is -0.139. The monoisotopic (exact) mass is 432 g/mol. The highest BCUT2D eigenvalue weighted by Crippen LogP contribution is 2.27. The van der Waals surface area contributed by atoms with Gasteiger partial charge in [0.1, 0.15) is 11.5 Å². The van der Waals surface area contributed by atoms with E-state index in [4.69, 9.17) is 9.47 Å². The van der Waals surface area contributed by atoms with E-state index >= 15 is 0 Å². The summed E-state index contributed by atoms with van der Waals surface area (Å²) in [6, 6.07) is 5.06. The van der Waals surface area contributed by atoms with Crippen molar-refractivity contribution in [2.75, 3.05) is 53.5 Å². The van der Waals surface area contributed by atoms with E-state index in [0.717, 1.165) is 12.0 Å². The van der Waals surface area contributed by atoms with Crippen molar-refractivity contribution in [2.24, 2.45) is 0 Å². The Morgan fingerprint density at radius 1 is 1.06 bits per heavy atom. The van der Waals surface area contributed by atoms with Crippen LogP contribution in [0, 0.1) is 0 Å². The van der Waals surface area contributed by atoms with Crippen molar-refractivity contribution in [3.63, 3.8) is 0 Å². The molecule has 3 rings (SSSR count). The van der Waals surface area contributed by atoms with Gasteiger partial charge in [-0.15, -0.1) is 0 Å². The second kappa shape index (κ2) is 10.5. The van der Waals surface area contributed by atoms with Crippen molar-refractivity contribution < 1.29 is 23.9 Å². The highest BCUT2D eigenvalue weighted by atomic mass is 16.5. The van der Waals surface area contributed by atoms with Crippen molar-refractivity contribution in [3.05, 3.63) is 23.8 Å². The lowest BCUT2D eigenvalue weighted by Crippen LogP contribution is -2.56. The molecule has 170 valence electrons. The molecule has 2 aliphatic heterocycles. The predicted octanol–water partition coefficient (Wildman–Crippen LogP) is 0.475. The van der Waals surface area contributed by atoms with E-state index in [0.29, 0.717) is 57.3 Å². The fourth-order valence-corrected chi connectivity index (χ4v) is 4.15. The van der Waals surface area contributed by atoms with E-state index in [-0.39, 0.29) is 24.1 Å². The first-order valence-corrected chi connectivity index (χ1v) is 10.7. The molecule has 0 bridgehead atoms. The average Bonchev–Trinajstić information content (AvgIpc) is 3.03. The van der Waals surface area contributed by atoms with Crippen LogP contribution in [0.5, 0.6) is 11.5 Å². The van der Waals surface area contributed by atoms with Gasteiger partial charge in [-0.25, -0.2) is 0 Å². The number of carbonyl (C=O) groups is 3. The quantitative estimate of drug-likeness (QED) is 0.703. The third-order valence-electron chi connectivity index (χ3n) is 5.97. The Morgan fingerprint density at radius 2 is 1.81 bits per heavy atom. The summed E-state index contributed by atoms with van der Waals surface area (Å²) in [7, 11) is 3.20. The van der Waals surface area contributed by atoms with Gasteiger partial charge in [0.05, 0.1) is 26.7 Å². The van der Waals surface area contributed by atoms with E-state index in [2.05, 4.69) is 5.32 Å². The molecule has 1 aromatic rings. The molecule has 2 aliphatic rings. The molecule has 1 atom stereocenters. The Balaban J connectivity index is 1.69. The zero-order chi connectivity index (χ0) is 22.4. The summed E-state index contributed by atoms with van der Waals surface area (Å²) < 4.78 is 10.8. The number of hydrogen-bond donors (Lipinski definition) is 1. The molecule has 1 unspecified atom stereocenters. The van der Waals surface area contributed by atoms with Crippen LogP contribution in [0.1, 0.15) is 25.3 Å². The molecule has 0 saturated carbocycles. The Morgan fingerprint density at radius 3 is 2.52 bits per heavy atom. The van der Waals surface area contributed by atoms with Crippen LogP contribution in [0.4, 0.5) is 0 Å². The Bertz CT molecular complexity index is 815. The molecule has 1 aromatic carbocycles. The van der Waals surface area contributed by atoms with Crippen molar-refractivity contribution in [2.45, 2.75) is 32.4 Å². The third kappa shape index (κ3) is 5.66. The van der Waals surface area contributed by atoms with Gasteiger partial charge in [-0.3, -0.25) is 19.3 Å². The Labute approximate surface area is 183 Å². The summed E-state index contributed by atoms with van der Waals surface area (Å²) in [5.41, 5.74) is 0.933. The molecule has 9 heteroatoms. The first-order chi connectivity index (χ1) is 14.9. The van der Waals surface area contributed by atoms with Crippen molar-refractivity contribution in [1.29, 1.82) is 0 Å². The van der Waals surface area contributed by atoms with E-state index in [9.17, 15) is 14.4 Å². The lowest BCUT2D eigenvalue weighted by atomic mass is 10.1. The van der Waals surface area contributed by atoms with Crippen LogP contribution >= 0.6 is 0 Å². The fourth-order valence-electron chi connectivity index (χ4n) is 4.15. The molecule has 1 N–H and O–H groups in total. The van der Waals surface area contributed by atoms with Gasteiger partial charge in [0, 0.05) is 64.4 Å². The third-order valence-corrected chi connectivity index (χ3v) is 5.97. The maximum atomic E-state index is 13.0. The topological polar surface area (TPSA) is 91.4 Å². The molecule has 2 fully saturated rings. The minimum Gasteiger partial charge on any atom is -0.497 e. The number of hydrogen-bond acceptors (Lipinski definition) is 6. The largest absolute Gasteiger partial charge is 0.497 e. The Hall–Kier alpha value is -2.81. The lowest BCUT2D eigenvalue weighted by Gasteiger charge is -2.36. The fraction of sp³-hybridized carbons (Fsp3) is 0.591. The number of nitrogens with one attached hydrogen (secondary N) is 1. The summed E-state index contributed by atoms with van der Waals surface area (Å²) in [6.45, 7) is 5.53. The van der Waals surface area contributed by atoms with E-state index in [1.54, 1.807) is 30.9 Å². The van der Waals surface area contributed by atoms with Gasteiger partial charge in [0.15, 0.2) is 0 Å². The molecule has 0 spiro atoms. The maximum absolute atomic E-state index is 13.0. The summed E-state index contributed by atoms with van der Waals surface area (Å²) >= 11 is 0. The number of carbonyl (C=O) groups excluding carboxylic acids is 3. The van der Waals surface area contributed by atoms with Gasteiger partial charge in [-0.05, 0) is 12.5 Å².